The van der Waals surface area contributed by atoms with Crippen LogP contribution in [0.4, 0.5) is 4.39 Å². The van der Waals surface area contributed by atoms with Gasteiger partial charge in [0.25, 0.3) is 5.91 Å². The molecule has 2 aromatic rings. The van der Waals surface area contributed by atoms with E-state index in [1.54, 1.807) is 12.1 Å². The second-order valence-electron chi connectivity index (χ2n) is 5.32. The maximum atomic E-state index is 13.2. The zero-order valence-corrected chi connectivity index (χ0v) is 12.0. The average Bonchev–Trinajstić information content (AvgIpc) is 3.13. The van der Waals surface area contributed by atoms with Crippen LogP contribution in [0.1, 0.15) is 22.5 Å². The molecule has 1 aliphatic rings. The fourth-order valence-corrected chi connectivity index (χ4v) is 3.28. The number of aliphatic carboxylic acids is 1. The molecule has 1 heterocycles. The number of fused-ring (bicyclic) bond motifs is 1. The van der Waals surface area contributed by atoms with E-state index in [0.29, 0.717) is 22.7 Å². The van der Waals surface area contributed by atoms with Crippen molar-refractivity contribution in [2.24, 2.45) is 5.92 Å². The third-order valence-corrected chi connectivity index (χ3v) is 4.58. The van der Waals surface area contributed by atoms with E-state index in [2.05, 4.69) is 0 Å². The summed E-state index contributed by atoms with van der Waals surface area (Å²) in [6.07, 6.45) is 2.09. The Morgan fingerprint density at radius 1 is 1.33 bits per heavy atom. The molecular formula is C15H14FNO3S. The van der Waals surface area contributed by atoms with Crippen LogP contribution in [0.5, 0.6) is 0 Å². The van der Waals surface area contributed by atoms with E-state index in [1.807, 2.05) is 0 Å². The molecule has 6 heteroatoms. The molecule has 0 bridgehead atoms. The number of benzene rings is 1. The molecule has 0 aliphatic heterocycles. The number of carboxylic acids is 1. The molecule has 3 rings (SSSR count). The van der Waals surface area contributed by atoms with Gasteiger partial charge in [0, 0.05) is 11.2 Å². The first-order chi connectivity index (χ1) is 10.0. The van der Waals surface area contributed by atoms with Crippen LogP contribution in [0, 0.1) is 11.7 Å². The molecule has 1 N–H and O–H groups in total. The molecule has 0 unspecified atom stereocenters. The van der Waals surface area contributed by atoms with Gasteiger partial charge >= 0.3 is 5.97 Å². The molecule has 1 fully saturated rings. The Hall–Kier alpha value is -1.95. The highest BCUT2D eigenvalue weighted by molar-refractivity contribution is 7.20. The van der Waals surface area contributed by atoms with Gasteiger partial charge in [0.1, 0.15) is 12.4 Å². The van der Waals surface area contributed by atoms with Gasteiger partial charge in [-0.3, -0.25) is 9.59 Å². The Morgan fingerprint density at radius 3 is 2.76 bits per heavy atom. The van der Waals surface area contributed by atoms with Crippen molar-refractivity contribution in [2.45, 2.75) is 12.8 Å². The zero-order chi connectivity index (χ0) is 15.0. The number of hydrogen-bond acceptors (Lipinski definition) is 3. The largest absolute Gasteiger partial charge is 0.480 e. The van der Waals surface area contributed by atoms with Crippen LogP contribution in [0.3, 0.4) is 0 Å². The molecule has 1 saturated carbocycles. The van der Waals surface area contributed by atoms with E-state index in [9.17, 15) is 14.0 Å². The van der Waals surface area contributed by atoms with Crippen molar-refractivity contribution in [3.05, 3.63) is 35.0 Å². The number of carboxylic acid groups (broad SMARTS) is 1. The Balaban J connectivity index is 1.86. The molecule has 1 aliphatic carbocycles. The second kappa shape index (κ2) is 5.44. The van der Waals surface area contributed by atoms with Crippen LogP contribution in [-0.4, -0.2) is 35.0 Å². The Bertz CT molecular complexity index is 708. The normalized spacial score (nSPS) is 14.3. The molecular weight excluding hydrogens is 293 g/mol. The number of rotatable bonds is 5. The lowest BCUT2D eigenvalue weighted by Gasteiger charge is -2.19. The minimum Gasteiger partial charge on any atom is -0.480 e. The molecule has 1 aromatic heterocycles. The van der Waals surface area contributed by atoms with Gasteiger partial charge in [0.05, 0.1) is 4.88 Å². The van der Waals surface area contributed by atoms with Gasteiger partial charge in [-0.1, -0.05) is 0 Å². The predicted octanol–water partition coefficient (Wildman–Crippen LogP) is 2.98. The lowest BCUT2D eigenvalue weighted by atomic mass is 10.2. The van der Waals surface area contributed by atoms with Gasteiger partial charge in [0.15, 0.2) is 0 Å². The van der Waals surface area contributed by atoms with Crippen LogP contribution in [0.2, 0.25) is 0 Å². The summed E-state index contributed by atoms with van der Waals surface area (Å²) in [6.45, 7) is 0.186. The van der Waals surface area contributed by atoms with Crippen molar-refractivity contribution >= 4 is 33.3 Å². The van der Waals surface area contributed by atoms with Crippen LogP contribution in [0.25, 0.3) is 10.1 Å². The number of halogens is 1. The fourth-order valence-electron chi connectivity index (χ4n) is 2.27. The first-order valence-corrected chi connectivity index (χ1v) is 7.55. The van der Waals surface area contributed by atoms with E-state index >= 15 is 0 Å². The van der Waals surface area contributed by atoms with E-state index in [4.69, 9.17) is 5.11 Å². The Labute approximate surface area is 124 Å². The summed E-state index contributed by atoms with van der Waals surface area (Å²) in [5.74, 6) is -1.23. The summed E-state index contributed by atoms with van der Waals surface area (Å²) in [5.41, 5.74) is 0. The van der Waals surface area contributed by atoms with Crippen LogP contribution in [-0.2, 0) is 4.79 Å². The van der Waals surface area contributed by atoms with Gasteiger partial charge in [0.2, 0.25) is 0 Å². The molecule has 0 radical (unpaired) electrons. The minimum atomic E-state index is -1.02. The van der Waals surface area contributed by atoms with E-state index < -0.39 is 5.97 Å². The minimum absolute atomic E-state index is 0.286. The van der Waals surface area contributed by atoms with Gasteiger partial charge < -0.3 is 10.0 Å². The SMILES string of the molecule is O=C(O)CN(CC1CC1)C(=O)c1cc2cc(F)ccc2s1. The standard InChI is InChI=1S/C15H14FNO3S/c16-11-3-4-12-10(5-11)6-13(21-12)15(20)17(8-14(18)19)7-9-1-2-9/h3-6,9H,1-2,7-8H2,(H,18,19). The molecule has 21 heavy (non-hydrogen) atoms. The summed E-state index contributed by atoms with van der Waals surface area (Å²) in [4.78, 5) is 25.2. The molecule has 0 saturated heterocycles. The molecule has 4 nitrogen and oxygen atoms in total. The van der Waals surface area contributed by atoms with E-state index in [-0.39, 0.29) is 18.3 Å². The fraction of sp³-hybridized carbons (Fsp3) is 0.333. The third kappa shape index (κ3) is 3.21. The van der Waals surface area contributed by atoms with Crippen molar-refractivity contribution in [1.82, 2.24) is 4.90 Å². The number of carbonyl (C=O) groups is 2. The topological polar surface area (TPSA) is 57.6 Å². The van der Waals surface area contributed by atoms with Crippen LogP contribution in [0.15, 0.2) is 24.3 Å². The molecule has 1 aromatic carbocycles. The first-order valence-electron chi connectivity index (χ1n) is 6.73. The smallest absolute Gasteiger partial charge is 0.323 e. The maximum Gasteiger partial charge on any atom is 0.323 e. The zero-order valence-electron chi connectivity index (χ0n) is 11.2. The Morgan fingerprint density at radius 2 is 2.10 bits per heavy atom. The molecule has 1 amide bonds. The quantitative estimate of drug-likeness (QED) is 0.924. The maximum absolute atomic E-state index is 13.2. The summed E-state index contributed by atoms with van der Waals surface area (Å²) in [6, 6.07) is 6.00. The molecule has 0 spiro atoms. The average molecular weight is 307 g/mol. The van der Waals surface area contributed by atoms with Gasteiger partial charge in [-0.25, -0.2) is 4.39 Å². The summed E-state index contributed by atoms with van der Waals surface area (Å²) in [7, 11) is 0. The highest BCUT2D eigenvalue weighted by Gasteiger charge is 2.29. The number of amides is 1. The third-order valence-electron chi connectivity index (χ3n) is 3.48. The highest BCUT2D eigenvalue weighted by atomic mass is 32.1. The van der Waals surface area contributed by atoms with Gasteiger partial charge in [-0.2, -0.15) is 0 Å². The summed E-state index contributed by atoms with van der Waals surface area (Å²) >= 11 is 1.27. The predicted molar refractivity (Wildman–Crippen MR) is 78.0 cm³/mol. The van der Waals surface area contributed by atoms with Crippen molar-refractivity contribution in [3.63, 3.8) is 0 Å². The second-order valence-corrected chi connectivity index (χ2v) is 6.40. The summed E-state index contributed by atoms with van der Waals surface area (Å²) < 4.78 is 14.0. The lowest BCUT2D eigenvalue weighted by molar-refractivity contribution is -0.137. The number of hydrogen-bond donors (Lipinski definition) is 1. The van der Waals surface area contributed by atoms with Crippen molar-refractivity contribution in [3.8, 4) is 0 Å². The van der Waals surface area contributed by atoms with Crippen LogP contribution >= 0.6 is 11.3 Å². The molecule has 110 valence electrons. The summed E-state index contributed by atoms with van der Waals surface area (Å²) in [5, 5.41) is 9.62. The number of nitrogens with zero attached hydrogens (tertiary/aromatic N) is 1. The molecule has 0 atom stereocenters. The van der Waals surface area contributed by atoms with Crippen LogP contribution < -0.4 is 0 Å². The van der Waals surface area contributed by atoms with Crippen molar-refractivity contribution in [2.75, 3.05) is 13.1 Å². The van der Waals surface area contributed by atoms with E-state index in [1.165, 1.54) is 28.4 Å². The van der Waals surface area contributed by atoms with E-state index in [0.717, 1.165) is 17.5 Å². The number of thiophene rings is 1. The van der Waals surface area contributed by atoms with Gasteiger partial charge in [-0.05, 0) is 48.4 Å². The highest BCUT2D eigenvalue weighted by Crippen LogP contribution is 2.31. The van der Waals surface area contributed by atoms with Gasteiger partial charge in [-0.15, -0.1) is 11.3 Å². The number of carbonyl (C=O) groups excluding carboxylic acids is 1. The van der Waals surface area contributed by atoms with Crippen molar-refractivity contribution in [1.29, 1.82) is 0 Å². The lowest BCUT2D eigenvalue weighted by Crippen LogP contribution is -2.36. The first kappa shape index (κ1) is 14.0. The Kier molecular flexibility index (Phi) is 3.63. The monoisotopic (exact) mass is 307 g/mol. The van der Waals surface area contributed by atoms with Crippen molar-refractivity contribution < 1.29 is 19.1 Å².